The maximum atomic E-state index is 10.8. The van der Waals surface area contributed by atoms with Gasteiger partial charge in [-0.3, -0.25) is 9.59 Å². The summed E-state index contributed by atoms with van der Waals surface area (Å²) < 4.78 is 0. The summed E-state index contributed by atoms with van der Waals surface area (Å²) in [6, 6.07) is 3.84. The maximum Gasteiger partial charge on any atom is 0.286 e. The number of hydrogen-bond donors (Lipinski definition) is 1. The third-order valence-corrected chi connectivity index (χ3v) is 1.86. The minimum absolute atomic E-state index is 0.328. The van der Waals surface area contributed by atoms with Crippen LogP contribution in [0, 0.1) is 0 Å². The smallest absolute Gasteiger partial charge is 0.286 e. The Bertz CT molecular complexity index is 280. The first-order chi connectivity index (χ1) is 6.24. The van der Waals surface area contributed by atoms with Gasteiger partial charge in [-0.15, -0.1) is 0 Å². The molecular weight excluding hydrogens is 168 g/mol. The highest BCUT2D eigenvalue weighted by atomic mass is 16.2. The van der Waals surface area contributed by atoms with Gasteiger partial charge < -0.3 is 9.88 Å². The molecule has 0 fully saturated rings. The highest BCUT2D eigenvalue weighted by molar-refractivity contribution is 6.23. The van der Waals surface area contributed by atoms with Crippen LogP contribution in [0.3, 0.4) is 0 Å². The van der Waals surface area contributed by atoms with Crippen molar-refractivity contribution in [1.29, 1.82) is 0 Å². The molecule has 1 rings (SSSR count). The van der Waals surface area contributed by atoms with Crippen molar-refractivity contribution >= 4 is 12.2 Å². The van der Waals surface area contributed by atoms with Crippen molar-refractivity contribution in [2.24, 2.45) is 0 Å². The van der Waals surface area contributed by atoms with E-state index in [4.69, 9.17) is 0 Å². The second kappa shape index (κ2) is 4.45. The Morgan fingerprint density at radius 1 is 1.69 bits per heavy atom. The van der Waals surface area contributed by atoms with E-state index in [0.29, 0.717) is 12.8 Å². The summed E-state index contributed by atoms with van der Waals surface area (Å²) in [6.07, 6.45) is 2.90. The molecule has 1 N–H and O–H groups in total. The number of aromatic amines is 1. The van der Waals surface area contributed by atoms with Crippen LogP contribution in [0.2, 0.25) is 0 Å². The molecule has 0 aliphatic rings. The largest absolute Gasteiger partial charge is 0.365 e. The predicted molar refractivity (Wildman–Crippen MR) is 48.2 cm³/mol. The molecule has 4 heteroatoms. The second-order valence-electron chi connectivity index (χ2n) is 2.82. The van der Waals surface area contributed by atoms with Crippen LogP contribution in [0.25, 0.3) is 0 Å². The number of hydrogen-bond acceptors (Lipinski definition) is 2. The van der Waals surface area contributed by atoms with Crippen LogP contribution >= 0.6 is 0 Å². The van der Waals surface area contributed by atoms with Gasteiger partial charge in [-0.1, -0.05) is 0 Å². The Hall–Kier alpha value is -1.58. The quantitative estimate of drug-likeness (QED) is 0.532. The molecule has 70 valence electrons. The van der Waals surface area contributed by atoms with Crippen molar-refractivity contribution < 1.29 is 9.59 Å². The molecule has 1 aromatic rings. The van der Waals surface area contributed by atoms with Gasteiger partial charge in [-0.05, 0) is 12.1 Å². The molecule has 13 heavy (non-hydrogen) atoms. The summed E-state index contributed by atoms with van der Waals surface area (Å²) in [5.41, 5.74) is 1.06. The number of H-pyrrole nitrogens is 1. The number of nitrogens with zero attached hydrogens (tertiary/aromatic N) is 1. The Balaban J connectivity index is 2.34. The zero-order valence-electron chi connectivity index (χ0n) is 7.49. The summed E-state index contributed by atoms with van der Waals surface area (Å²) >= 11 is 0. The molecule has 0 atom stereocenters. The van der Waals surface area contributed by atoms with E-state index in [1.165, 1.54) is 4.90 Å². The van der Waals surface area contributed by atoms with Crippen LogP contribution in [-0.2, 0) is 16.0 Å². The zero-order chi connectivity index (χ0) is 9.68. The summed E-state index contributed by atoms with van der Waals surface area (Å²) in [5, 5.41) is 0. The minimum atomic E-state index is -0.480. The lowest BCUT2D eigenvalue weighted by Crippen LogP contribution is -2.29. The normalized spacial score (nSPS) is 9.62. The van der Waals surface area contributed by atoms with Crippen molar-refractivity contribution in [2.75, 3.05) is 13.6 Å². The van der Waals surface area contributed by atoms with Gasteiger partial charge in [0.05, 0.1) is 0 Å². The van der Waals surface area contributed by atoms with Crippen molar-refractivity contribution in [2.45, 2.75) is 6.42 Å². The lowest BCUT2D eigenvalue weighted by molar-refractivity contribution is -0.137. The van der Waals surface area contributed by atoms with Gasteiger partial charge in [0.1, 0.15) is 0 Å². The standard InChI is InChI=1S/C9H12N2O2/c1-11(9(13)7-12)6-4-8-3-2-5-10-8/h2-3,5,7,10H,4,6H2,1H3. The number of nitrogens with one attached hydrogen (secondary N) is 1. The monoisotopic (exact) mass is 180 g/mol. The van der Waals surface area contributed by atoms with Gasteiger partial charge >= 0.3 is 0 Å². The SMILES string of the molecule is CN(CCc1ccc[nH]1)C(=O)C=O. The summed E-state index contributed by atoms with van der Waals surface area (Å²) in [4.78, 5) is 25.3. The van der Waals surface area contributed by atoms with Gasteiger partial charge in [-0.25, -0.2) is 0 Å². The zero-order valence-corrected chi connectivity index (χ0v) is 7.49. The van der Waals surface area contributed by atoms with Crippen LogP contribution < -0.4 is 0 Å². The first-order valence-corrected chi connectivity index (χ1v) is 4.06. The molecule has 0 aliphatic heterocycles. The number of aldehydes is 1. The molecule has 1 aromatic heterocycles. The van der Waals surface area contributed by atoms with Crippen LogP contribution in [0.5, 0.6) is 0 Å². The Morgan fingerprint density at radius 3 is 3.00 bits per heavy atom. The van der Waals surface area contributed by atoms with E-state index >= 15 is 0 Å². The molecule has 4 nitrogen and oxygen atoms in total. The predicted octanol–water partition coefficient (Wildman–Crippen LogP) is 0.214. The molecule has 1 heterocycles. The van der Waals surface area contributed by atoms with Gasteiger partial charge in [0.15, 0.2) is 0 Å². The van der Waals surface area contributed by atoms with E-state index < -0.39 is 5.91 Å². The van der Waals surface area contributed by atoms with E-state index in [9.17, 15) is 9.59 Å². The average Bonchev–Trinajstić information content (AvgIpc) is 2.65. The first kappa shape index (κ1) is 9.51. The van der Waals surface area contributed by atoms with E-state index in [-0.39, 0.29) is 0 Å². The molecule has 0 saturated carbocycles. The molecule has 0 spiro atoms. The number of carbonyl (C=O) groups excluding carboxylic acids is 2. The van der Waals surface area contributed by atoms with Crippen molar-refractivity contribution in [1.82, 2.24) is 9.88 Å². The van der Waals surface area contributed by atoms with Crippen molar-refractivity contribution in [3.63, 3.8) is 0 Å². The van der Waals surface area contributed by atoms with E-state index in [2.05, 4.69) is 4.98 Å². The number of amides is 1. The van der Waals surface area contributed by atoms with E-state index in [0.717, 1.165) is 12.1 Å². The van der Waals surface area contributed by atoms with E-state index in [1.54, 1.807) is 7.05 Å². The van der Waals surface area contributed by atoms with Crippen LogP contribution in [-0.4, -0.2) is 35.7 Å². The summed E-state index contributed by atoms with van der Waals surface area (Å²) in [7, 11) is 1.61. The number of rotatable bonds is 4. The third-order valence-electron chi connectivity index (χ3n) is 1.86. The lowest BCUT2D eigenvalue weighted by Gasteiger charge is -2.12. The number of carbonyl (C=O) groups is 2. The lowest BCUT2D eigenvalue weighted by atomic mass is 10.3. The second-order valence-corrected chi connectivity index (χ2v) is 2.82. The molecule has 0 saturated heterocycles. The Morgan fingerprint density at radius 2 is 2.46 bits per heavy atom. The Kier molecular flexibility index (Phi) is 3.25. The minimum Gasteiger partial charge on any atom is -0.365 e. The van der Waals surface area contributed by atoms with Crippen LogP contribution in [0.1, 0.15) is 5.69 Å². The molecule has 0 aliphatic carbocycles. The summed E-state index contributed by atoms with van der Waals surface area (Å²) in [5.74, 6) is -0.480. The topological polar surface area (TPSA) is 53.2 Å². The highest BCUT2D eigenvalue weighted by Gasteiger charge is 2.05. The van der Waals surface area contributed by atoms with E-state index in [1.807, 2.05) is 18.3 Å². The van der Waals surface area contributed by atoms with Gasteiger partial charge in [0, 0.05) is 31.9 Å². The first-order valence-electron chi connectivity index (χ1n) is 4.06. The Labute approximate surface area is 76.5 Å². The molecule has 0 aromatic carbocycles. The fourth-order valence-electron chi connectivity index (χ4n) is 1.01. The molecule has 1 amide bonds. The van der Waals surface area contributed by atoms with Crippen molar-refractivity contribution in [3.05, 3.63) is 24.0 Å². The highest BCUT2D eigenvalue weighted by Crippen LogP contribution is 1.96. The summed E-state index contributed by atoms with van der Waals surface area (Å²) in [6.45, 7) is 0.554. The number of likely N-dealkylation sites (N-methyl/N-ethyl adjacent to an activating group) is 1. The van der Waals surface area contributed by atoms with Crippen LogP contribution in [0.15, 0.2) is 18.3 Å². The van der Waals surface area contributed by atoms with Gasteiger partial charge in [-0.2, -0.15) is 0 Å². The molecule has 0 radical (unpaired) electrons. The average molecular weight is 180 g/mol. The van der Waals surface area contributed by atoms with Gasteiger partial charge in [0.25, 0.3) is 5.91 Å². The number of aromatic nitrogens is 1. The fraction of sp³-hybridized carbons (Fsp3) is 0.333. The molecule has 0 bridgehead atoms. The van der Waals surface area contributed by atoms with Crippen LogP contribution in [0.4, 0.5) is 0 Å². The maximum absolute atomic E-state index is 10.8. The van der Waals surface area contributed by atoms with Crippen molar-refractivity contribution in [3.8, 4) is 0 Å². The molecular formula is C9H12N2O2. The van der Waals surface area contributed by atoms with Gasteiger partial charge in [0.2, 0.25) is 6.29 Å². The fourth-order valence-corrected chi connectivity index (χ4v) is 1.01. The molecule has 0 unspecified atom stereocenters. The third kappa shape index (κ3) is 2.74.